The molecule has 2 rings (SSSR count). The number of halogens is 1. The van der Waals surface area contributed by atoms with Gasteiger partial charge in [0.2, 0.25) is 5.79 Å². The maximum Gasteiger partial charge on any atom is 0.208 e. The Morgan fingerprint density at radius 2 is 1.94 bits per heavy atom. The summed E-state index contributed by atoms with van der Waals surface area (Å²) in [5, 5.41) is 0.558. The maximum atomic E-state index is 5.70. The Labute approximate surface area is 109 Å². The van der Waals surface area contributed by atoms with E-state index in [-0.39, 0.29) is 0 Å². The van der Waals surface area contributed by atoms with Crippen LogP contribution in [0.5, 0.6) is 11.5 Å². The van der Waals surface area contributed by atoms with E-state index in [9.17, 15) is 0 Å². The van der Waals surface area contributed by atoms with Gasteiger partial charge < -0.3 is 18.9 Å². The topological polar surface area (TPSA) is 36.9 Å². The van der Waals surface area contributed by atoms with Crippen molar-refractivity contribution in [1.29, 1.82) is 0 Å². The first-order valence-electron chi connectivity index (χ1n) is 5.32. The number of benzene rings is 1. The lowest BCUT2D eigenvalue weighted by Crippen LogP contribution is -2.29. The van der Waals surface area contributed by atoms with Crippen LogP contribution in [0.3, 0.4) is 0 Å². The van der Waals surface area contributed by atoms with E-state index in [1.54, 1.807) is 14.2 Å². The number of alkyl halides is 1. The number of rotatable bonds is 4. The minimum absolute atomic E-state index is 0.558. The van der Waals surface area contributed by atoms with Crippen LogP contribution >= 0.6 is 15.9 Å². The fourth-order valence-electron chi connectivity index (χ4n) is 1.87. The molecule has 1 heterocycles. The van der Waals surface area contributed by atoms with Crippen molar-refractivity contribution in [3.63, 3.8) is 0 Å². The minimum atomic E-state index is -0.752. The molecule has 1 saturated heterocycles. The van der Waals surface area contributed by atoms with E-state index >= 15 is 0 Å². The maximum absolute atomic E-state index is 5.70. The van der Waals surface area contributed by atoms with Gasteiger partial charge in [-0.3, -0.25) is 0 Å². The van der Waals surface area contributed by atoms with Crippen LogP contribution in [0.15, 0.2) is 18.2 Å². The molecule has 1 aliphatic rings. The summed E-state index contributed by atoms with van der Waals surface area (Å²) in [7, 11) is 3.24. The highest BCUT2D eigenvalue weighted by molar-refractivity contribution is 9.09. The average molecular weight is 303 g/mol. The Balaban J connectivity index is 2.42. The molecule has 0 unspecified atom stereocenters. The first kappa shape index (κ1) is 12.7. The summed E-state index contributed by atoms with van der Waals surface area (Å²) in [6, 6.07) is 5.60. The summed E-state index contributed by atoms with van der Waals surface area (Å²) < 4.78 is 21.9. The van der Waals surface area contributed by atoms with E-state index in [2.05, 4.69) is 15.9 Å². The van der Waals surface area contributed by atoms with Gasteiger partial charge in [-0.05, 0) is 12.1 Å². The zero-order valence-corrected chi connectivity index (χ0v) is 11.5. The summed E-state index contributed by atoms with van der Waals surface area (Å²) in [5.41, 5.74) is 0.871. The summed E-state index contributed by atoms with van der Waals surface area (Å²) >= 11 is 3.43. The van der Waals surface area contributed by atoms with E-state index in [0.717, 1.165) is 11.3 Å². The van der Waals surface area contributed by atoms with Crippen molar-refractivity contribution >= 4 is 15.9 Å². The molecule has 5 heteroatoms. The SMILES string of the molecule is COc1ccc(C2(CBr)OCCO2)c(OC)c1. The second kappa shape index (κ2) is 5.25. The normalized spacial score (nSPS) is 18.1. The van der Waals surface area contributed by atoms with Crippen molar-refractivity contribution in [3.05, 3.63) is 23.8 Å². The van der Waals surface area contributed by atoms with E-state index in [0.29, 0.717) is 24.3 Å². The van der Waals surface area contributed by atoms with E-state index in [4.69, 9.17) is 18.9 Å². The fourth-order valence-corrected chi connectivity index (χ4v) is 2.50. The van der Waals surface area contributed by atoms with Crippen LogP contribution in [0.2, 0.25) is 0 Å². The summed E-state index contributed by atoms with van der Waals surface area (Å²) in [5.74, 6) is 0.691. The molecule has 0 N–H and O–H groups in total. The Morgan fingerprint density at radius 3 is 2.47 bits per heavy atom. The van der Waals surface area contributed by atoms with Gasteiger partial charge in [0.05, 0.1) is 38.3 Å². The van der Waals surface area contributed by atoms with Crippen molar-refractivity contribution in [2.45, 2.75) is 5.79 Å². The molecule has 4 nitrogen and oxygen atoms in total. The molecule has 1 aromatic rings. The highest BCUT2D eigenvalue weighted by Gasteiger charge is 2.40. The fraction of sp³-hybridized carbons (Fsp3) is 0.500. The molecule has 0 bridgehead atoms. The minimum Gasteiger partial charge on any atom is -0.497 e. The molecule has 0 atom stereocenters. The first-order chi connectivity index (χ1) is 8.25. The number of hydrogen-bond donors (Lipinski definition) is 0. The molecule has 0 radical (unpaired) electrons. The van der Waals surface area contributed by atoms with Crippen LogP contribution < -0.4 is 9.47 Å². The van der Waals surface area contributed by atoms with Gasteiger partial charge in [0.1, 0.15) is 11.5 Å². The van der Waals surface area contributed by atoms with Crippen molar-refractivity contribution in [2.24, 2.45) is 0 Å². The third-order valence-electron chi connectivity index (χ3n) is 2.75. The van der Waals surface area contributed by atoms with Crippen molar-refractivity contribution in [2.75, 3.05) is 32.8 Å². The van der Waals surface area contributed by atoms with Crippen LogP contribution in [0.4, 0.5) is 0 Å². The molecule has 1 aliphatic heterocycles. The van der Waals surface area contributed by atoms with Gasteiger partial charge in [0, 0.05) is 6.07 Å². The highest BCUT2D eigenvalue weighted by Crippen LogP contribution is 2.40. The van der Waals surface area contributed by atoms with Gasteiger partial charge in [0.15, 0.2) is 0 Å². The average Bonchev–Trinajstić information content (AvgIpc) is 2.87. The molecule has 1 fully saturated rings. The van der Waals surface area contributed by atoms with E-state index in [1.807, 2.05) is 18.2 Å². The smallest absolute Gasteiger partial charge is 0.208 e. The van der Waals surface area contributed by atoms with Crippen molar-refractivity contribution in [1.82, 2.24) is 0 Å². The van der Waals surface area contributed by atoms with Gasteiger partial charge >= 0.3 is 0 Å². The quantitative estimate of drug-likeness (QED) is 0.800. The van der Waals surface area contributed by atoms with Gasteiger partial charge in [0.25, 0.3) is 0 Å². The zero-order valence-electron chi connectivity index (χ0n) is 9.86. The second-order valence-electron chi connectivity index (χ2n) is 3.65. The largest absolute Gasteiger partial charge is 0.497 e. The lowest BCUT2D eigenvalue weighted by Gasteiger charge is -2.27. The number of methoxy groups -OCH3 is 2. The molecule has 0 aliphatic carbocycles. The summed E-state index contributed by atoms with van der Waals surface area (Å²) in [6.07, 6.45) is 0. The van der Waals surface area contributed by atoms with Crippen molar-refractivity contribution < 1.29 is 18.9 Å². The number of ether oxygens (including phenoxy) is 4. The molecule has 0 aromatic heterocycles. The van der Waals surface area contributed by atoms with Crippen molar-refractivity contribution in [3.8, 4) is 11.5 Å². The van der Waals surface area contributed by atoms with Crippen LogP contribution in [0.25, 0.3) is 0 Å². The number of hydrogen-bond acceptors (Lipinski definition) is 4. The molecule has 0 spiro atoms. The predicted molar refractivity (Wildman–Crippen MR) is 66.9 cm³/mol. The van der Waals surface area contributed by atoms with Gasteiger partial charge in [-0.1, -0.05) is 15.9 Å². The Hall–Kier alpha value is -0.780. The third kappa shape index (κ3) is 2.27. The third-order valence-corrected chi connectivity index (χ3v) is 3.49. The molecule has 0 amide bonds. The van der Waals surface area contributed by atoms with Gasteiger partial charge in [-0.25, -0.2) is 0 Å². The van der Waals surface area contributed by atoms with Crippen LogP contribution in [0, 0.1) is 0 Å². The monoisotopic (exact) mass is 302 g/mol. The molecular weight excluding hydrogens is 288 g/mol. The van der Waals surface area contributed by atoms with Gasteiger partial charge in [-0.2, -0.15) is 0 Å². The Kier molecular flexibility index (Phi) is 3.91. The van der Waals surface area contributed by atoms with Crippen LogP contribution in [-0.2, 0) is 15.3 Å². The van der Waals surface area contributed by atoms with E-state index < -0.39 is 5.79 Å². The lowest BCUT2D eigenvalue weighted by molar-refractivity contribution is -0.145. The highest BCUT2D eigenvalue weighted by atomic mass is 79.9. The zero-order chi connectivity index (χ0) is 12.3. The lowest BCUT2D eigenvalue weighted by atomic mass is 10.1. The standard InChI is InChI=1S/C12H15BrO4/c1-14-9-3-4-10(11(7-9)15-2)12(8-13)16-5-6-17-12/h3-4,7H,5-6,8H2,1-2H3. The molecule has 94 valence electrons. The van der Waals surface area contributed by atoms with Crippen LogP contribution in [-0.4, -0.2) is 32.8 Å². The van der Waals surface area contributed by atoms with E-state index in [1.165, 1.54) is 0 Å². The van der Waals surface area contributed by atoms with Crippen LogP contribution in [0.1, 0.15) is 5.56 Å². The Bertz CT molecular complexity index is 388. The molecule has 0 saturated carbocycles. The molecular formula is C12H15BrO4. The van der Waals surface area contributed by atoms with Gasteiger partial charge in [-0.15, -0.1) is 0 Å². The molecule has 17 heavy (non-hydrogen) atoms. The Morgan fingerprint density at radius 1 is 1.24 bits per heavy atom. The predicted octanol–water partition coefficient (Wildman–Crippen LogP) is 2.30. The summed E-state index contributed by atoms with van der Waals surface area (Å²) in [6.45, 7) is 1.17. The first-order valence-corrected chi connectivity index (χ1v) is 6.44. The summed E-state index contributed by atoms with van der Waals surface area (Å²) in [4.78, 5) is 0. The second-order valence-corrected chi connectivity index (χ2v) is 4.21. The molecule has 1 aromatic carbocycles.